The van der Waals surface area contributed by atoms with Crippen LogP contribution in [0, 0.1) is 11.8 Å². The Morgan fingerprint density at radius 3 is 2.74 bits per heavy atom. The fraction of sp³-hybridized carbons (Fsp3) is 0.588. The van der Waals surface area contributed by atoms with Crippen LogP contribution in [0.15, 0.2) is 30.3 Å². The van der Waals surface area contributed by atoms with Gasteiger partial charge in [-0.25, -0.2) is 0 Å². The van der Waals surface area contributed by atoms with E-state index < -0.39 is 0 Å². The molecule has 1 fully saturated rings. The Hall–Kier alpha value is -1.31. The molecule has 0 N–H and O–H groups in total. The second-order valence-electron chi connectivity index (χ2n) is 5.55. The summed E-state index contributed by atoms with van der Waals surface area (Å²) in [6, 6.07) is 10.6. The van der Waals surface area contributed by atoms with Gasteiger partial charge in [-0.05, 0) is 43.6 Å². The highest BCUT2D eigenvalue weighted by Gasteiger charge is 2.32. The van der Waals surface area contributed by atoms with Crippen molar-refractivity contribution in [1.29, 1.82) is 0 Å². The minimum atomic E-state index is 0.00515. The van der Waals surface area contributed by atoms with Crippen molar-refractivity contribution in [3.8, 4) is 0 Å². The van der Waals surface area contributed by atoms with Gasteiger partial charge >= 0.3 is 5.97 Å². The lowest BCUT2D eigenvalue weighted by atomic mass is 9.90. The van der Waals surface area contributed by atoms with Crippen molar-refractivity contribution in [1.82, 2.24) is 0 Å². The maximum Gasteiger partial charge on any atom is 0.308 e. The summed E-state index contributed by atoms with van der Waals surface area (Å²) in [6.07, 6.45) is 8.16. The molecule has 104 valence electrons. The number of carbonyl (C=O) groups is 1. The van der Waals surface area contributed by atoms with Gasteiger partial charge in [0.1, 0.15) is 0 Å². The maximum atomic E-state index is 11.7. The summed E-state index contributed by atoms with van der Waals surface area (Å²) in [7, 11) is 1.51. The molecule has 2 nitrogen and oxygen atoms in total. The third-order valence-electron chi connectivity index (χ3n) is 4.30. The monoisotopic (exact) mass is 260 g/mol. The van der Waals surface area contributed by atoms with Crippen LogP contribution in [0.3, 0.4) is 0 Å². The fourth-order valence-electron chi connectivity index (χ4n) is 3.22. The van der Waals surface area contributed by atoms with E-state index in [4.69, 9.17) is 4.74 Å². The third kappa shape index (κ3) is 4.09. The van der Waals surface area contributed by atoms with Gasteiger partial charge in [0.15, 0.2) is 0 Å². The number of ether oxygens (including phenoxy) is 1. The number of esters is 1. The lowest BCUT2D eigenvalue weighted by Gasteiger charge is -2.17. The summed E-state index contributed by atoms with van der Waals surface area (Å²) in [4.78, 5) is 11.7. The van der Waals surface area contributed by atoms with Crippen LogP contribution < -0.4 is 0 Å². The summed E-state index contributed by atoms with van der Waals surface area (Å²) in [5, 5.41) is 0. The van der Waals surface area contributed by atoms with E-state index in [0.717, 1.165) is 12.8 Å². The van der Waals surface area contributed by atoms with Gasteiger partial charge in [0.05, 0.1) is 13.0 Å². The molecular weight excluding hydrogens is 236 g/mol. The molecule has 0 aliphatic heterocycles. The highest BCUT2D eigenvalue weighted by Crippen LogP contribution is 2.36. The Kier molecular flexibility index (Phi) is 5.44. The van der Waals surface area contributed by atoms with Crippen LogP contribution in [0.1, 0.15) is 44.1 Å². The molecule has 0 amide bonds. The Labute approximate surface area is 116 Å². The molecular formula is C17H24O2. The van der Waals surface area contributed by atoms with Gasteiger partial charge in [-0.2, -0.15) is 0 Å². The molecule has 2 atom stereocenters. The zero-order valence-electron chi connectivity index (χ0n) is 11.8. The minimum absolute atomic E-state index is 0.00515. The van der Waals surface area contributed by atoms with E-state index in [-0.39, 0.29) is 11.9 Å². The number of benzene rings is 1. The second kappa shape index (κ2) is 7.32. The van der Waals surface area contributed by atoms with Crippen LogP contribution in [0.5, 0.6) is 0 Å². The number of unbranched alkanes of at least 4 members (excludes halogenated alkanes) is 1. The molecule has 2 rings (SSSR count). The van der Waals surface area contributed by atoms with Crippen molar-refractivity contribution in [2.24, 2.45) is 11.8 Å². The Morgan fingerprint density at radius 2 is 2.00 bits per heavy atom. The van der Waals surface area contributed by atoms with E-state index in [1.54, 1.807) is 0 Å². The van der Waals surface area contributed by atoms with Crippen molar-refractivity contribution >= 4 is 5.97 Å². The highest BCUT2D eigenvalue weighted by atomic mass is 16.5. The summed E-state index contributed by atoms with van der Waals surface area (Å²) in [5.74, 6) is 0.732. The molecule has 0 bridgehead atoms. The molecule has 0 aromatic heterocycles. The number of hydrogen-bond acceptors (Lipinski definition) is 2. The van der Waals surface area contributed by atoms with Gasteiger partial charge in [-0.15, -0.1) is 0 Å². The predicted octanol–water partition coefficient (Wildman–Crippen LogP) is 3.99. The van der Waals surface area contributed by atoms with Crippen LogP contribution in [0.25, 0.3) is 0 Å². The first-order valence-electron chi connectivity index (χ1n) is 7.43. The lowest BCUT2D eigenvalue weighted by molar-refractivity contribution is -0.146. The van der Waals surface area contributed by atoms with Crippen LogP contribution in [0.4, 0.5) is 0 Å². The average molecular weight is 260 g/mol. The van der Waals surface area contributed by atoms with Gasteiger partial charge in [-0.1, -0.05) is 43.2 Å². The number of methoxy groups -OCH3 is 1. The van der Waals surface area contributed by atoms with Crippen LogP contribution >= 0.6 is 0 Å². The number of aryl methyl sites for hydroxylation is 1. The largest absolute Gasteiger partial charge is 0.469 e. The Balaban J connectivity index is 1.69. The fourth-order valence-corrected chi connectivity index (χ4v) is 3.22. The molecule has 2 heteroatoms. The molecule has 1 aromatic carbocycles. The van der Waals surface area contributed by atoms with E-state index in [2.05, 4.69) is 30.3 Å². The Morgan fingerprint density at radius 1 is 1.21 bits per heavy atom. The van der Waals surface area contributed by atoms with Crippen molar-refractivity contribution < 1.29 is 9.53 Å². The second-order valence-corrected chi connectivity index (χ2v) is 5.55. The summed E-state index contributed by atoms with van der Waals surface area (Å²) in [6.45, 7) is 0. The van der Waals surface area contributed by atoms with Crippen molar-refractivity contribution in [2.75, 3.05) is 7.11 Å². The predicted molar refractivity (Wildman–Crippen MR) is 76.8 cm³/mol. The maximum absolute atomic E-state index is 11.7. The molecule has 0 radical (unpaired) electrons. The first-order chi connectivity index (χ1) is 9.31. The van der Waals surface area contributed by atoms with Crippen molar-refractivity contribution in [2.45, 2.75) is 44.9 Å². The molecule has 0 heterocycles. The highest BCUT2D eigenvalue weighted by molar-refractivity contribution is 5.72. The molecule has 19 heavy (non-hydrogen) atoms. The summed E-state index contributed by atoms with van der Waals surface area (Å²) < 4.78 is 4.90. The molecule has 0 saturated heterocycles. The molecule has 2 unspecified atom stereocenters. The molecule has 1 aliphatic carbocycles. The molecule has 0 spiro atoms. The van der Waals surface area contributed by atoms with Crippen LogP contribution in [0.2, 0.25) is 0 Å². The zero-order valence-corrected chi connectivity index (χ0v) is 11.8. The number of hydrogen-bond donors (Lipinski definition) is 0. The summed E-state index contributed by atoms with van der Waals surface area (Å²) in [5.41, 5.74) is 1.42. The number of carbonyl (C=O) groups excluding carboxylic acids is 1. The Bertz CT molecular complexity index is 386. The van der Waals surface area contributed by atoms with Gasteiger partial charge in [0, 0.05) is 0 Å². The van der Waals surface area contributed by atoms with E-state index in [1.807, 2.05) is 0 Å². The molecule has 1 aromatic rings. The van der Waals surface area contributed by atoms with Crippen molar-refractivity contribution in [3.63, 3.8) is 0 Å². The first kappa shape index (κ1) is 14.1. The lowest BCUT2D eigenvalue weighted by Crippen LogP contribution is -2.20. The van der Waals surface area contributed by atoms with Gasteiger partial charge < -0.3 is 4.74 Å². The first-order valence-corrected chi connectivity index (χ1v) is 7.43. The molecule has 1 aliphatic rings. The van der Waals surface area contributed by atoms with Crippen LogP contribution in [-0.4, -0.2) is 13.1 Å². The quantitative estimate of drug-likeness (QED) is 0.571. The SMILES string of the molecule is COC(=O)C1CCCC1CCCCc1ccccc1. The van der Waals surface area contributed by atoms with E-state index in [0.29, 0.717) is 5.92 Å². The van der Waals surface area contributed by atoms with Crippen LogP contribution in [-0.2, 0) is 16.0 Å². The smallest absolute Gasteiger partial charge is 0.308 e. The summed E-state index contributed by atoms with van der Waals surface area (Å²) >= 11 is 0. The average Bonchev–Trinajstić information content (AvgIpc) is 2.92. The third-order valence-corrected chi connectivity index (χ3v) is 4.30. The standard InChI is InChI=1S/C17H24O2/c1-19-17(18)16-13-7-12-15(16)11-6-5-10-14-8-3-2-4-9-14/h2-4,8-9,15-16H,5-7,10-13H2,1H3. The molecule has 1 saturated carbocycles. The topological polar surface area (TPSA) is 26.3 Å². The minimum Gasteiger partial charge on any atom is -0.469 e. The normalized spacial score (nSPS) is 22.4. The van der Waals surface area contributed by atoms with Gasteiger partial charge in [-0.3, -0.25) is 4.79 Å². The van der Waals surface area contributed by atoms with E-state index >= 15 is 0 Å². The number of rotatable bonds is 6. The van der Waals surface area contributed by atoms with Gasteiger partial charge in [0.25, 0.3) is 0 Å². The van der Waals surface area contributed by atoms with Gasteiger partial charge in [0.2, 0.25) is 0 Å². The van der Waals surface area contributed by atoms with Crippen molar-refractivity contribution in [3.05, 3.63) is 35.9 Å². The zero-order chi connectivity index (χ0) is 13.5. The van der Waals surface area contributed by atoms with E-state index in [9.17, 15) is 4.79 Å². The van der Waals surface area contributed by atoms with E-state index in [1.165, 1.54) is 44.8 Å².